The van der Waals surface area contributed by atoms with Crippen LogP contribution in [0.15, 0.2) is 28.4 Å². The van der Waals surface area contributed by atoms with Gasteiger partial charge in [0, 0.05) is 11.4 Å². The summed E-state index contributed by atoms with van der Waals surface area (Å²) in [6.45, 7) is 5.86. The molecule has 0 fully saturated rings. The summed E-state index contributed by atoms with van der Waals surface area (Å²) in [5.41, 5.74) is 2.97. The molecular weight excluding hydrogens is 237 g/mol. The van der Waals surface area contributed by atoms with Crippen molar-refractivity contribution in [3.8, 4) is 0 Å². The van der Waals surface area contributed by atoms with Crippen LogP contribution in [0.3, 0.4) is 0 Å². The highest BCUT2D eigenvalue weighted by atomic mass is 32.2. The number of hydrogen-bond donors (Lipinski definition) is 0. The Labute approximate surface area is 104 Å². The Morgan fingerprint density at radius 3 is 2.24 bits per heavy atom. The summed E-state index contributed by atoms with van der Waals surface area (Å²) in [5, 5.41) is 1.16. The molecule has 5 heteroatoms. The molecule has 0 aliphatic heterocycles. The van der Waals surface area contributed by atoms with Crippen molar-refractivity contribution < 1.29 is 4.39 Å². The monoisotopic (exact) mass is 249 g/mol. The van der Waals surface area contributed by atoms with Crippen LogP contribution in [0.1, 0.15) is 17.0 Å². The van der Waals surface area contributed by atoms with Crippen LogP contribution < -0.4 is 0 Å². The van der Waals surface area contributed by atoms with Crippen molar-refractivity contribution in [1.29, 1.82) is 0 Å². The molecule has 2 heterocycles. The van der Waals surface area contributed by atoms with Crippen LogP contribution in [0.2, 0.25) is 0 Å². The molecule has 0 saturated heterocycles. The molecule has 2 aromatic rings. The molecule has 2 rings (SSSR count). The van der Waals surface area contributed by atoms with E-state index in [-0.39, 0.29) is 0 Å². The fraction of sp³-hybridized carbons (Fsp3) is 0.250. The highest BCUT2D eigenvalue weighted by molar-refractivity contribution is 7.99. The predicted molar refractivity (Wildman–Crippen MR) is 64.6 cm³/mol. The molecule has 3 nitrogen and oxygen atoms in total. The van der Waals surface area contributed by atoms with Crippen molar-refractivity contribution in [2.45, 2.75) is 31.0 Å². The first kappa shape index (κ1) is 12.0. The van der Waals surface area contributed by atoms with E-state index in [2.05, 4.69) is 15.0 Å². The third-order valence-corrected chi connectivity index (χ3v) is 3.30. The smallest absolute Gasteiger partial charge is 0.213 e. The van der Waals surface area contributed by atoms with Crippen LogP contribution in [-0.4, -0.2) is 15.0 Å². The van der Waals surface area contributed by atoms with Crippen LogP contribution >= 0.6 is 11.8 Å². The average molecular weight is 249 g/mol. The number of aromatic nitrogens is 3. The number of aryl methyl sites for hydroxylation is 2. The van der Waals surface area contributed by atoms with E-state index >= 15 is 0 Å². The van der Waals surface area contributed by atoms with Gasteiger partial charge in [-0.15, -0.1) is 0 Å². The van der Waals surface area contributed by atoms with Gasteiger partial charge < -0.3 is 0 Å². The lowest BCUT2D eigenvalue weighted by Crippen LogP contribution is -1.98. The lowest BCUT2D eigenvalue weighted by atomic mass is 10.2. The summed E-state index contributed by atoms with van der Waals surface area (Å²) in [5.74, 6) is -0.490. The Balaban J connectivity index is 2.31. The Morgan fingerprint density at radius 1 is 1.00 bits per heavy atom. The molecule has 0 radical (unpaired) electrons. The minimum absolute atomic E-state index is 0.490. The Morgan fingerprint density at radius 2 is 1.65 bits per heavy atom. The molecule has 2 aromatic heterocycles. The van der Waals surface area contributed by atoms with Crippen LogP contribution in [-0.2, 0) is 0 Å². The highest BCUT2D eigenvalue weighted by Gasteiger charge is 2.07. The summed E-state index contributed by atoms with van der Waals surface area (Å²) < 4.78 is 12.9. The second-order valence-electron chi connectivity index (χ2n) is 3.70. The molecule has 0 saturated carbocycles. The fourth-order valence-electron chi connectivity index (χ4n) is 1.33. The Hall–Kier alpha value is -1.49. The number of hydrogen-bond acceptors (Lipinski definition) is 4. The van der Waals surface area contributed by atoms with Gasteiger partial charge in [-0.1, -0.05) is 6.07 Å². The van der Waals surface area contributed by atoms with Gasteiger partial charge in [0.25, 0.3) is 0 Å². The SMILES string of the molecule is Cc1nc(Sc2cccc(F)n2)nc(C)c1C. The van der Waals surface area contributed by atoms with Crippen LogP contribution in [0.4, 0.5) is 4.39 Å². The lowest BCUT2D eigenvalue weighted by molar-refractivity contribution is 0.572. The standard InChI is InChI=1S/C12H12FN3S/c1-7-8(2)14-12(15-9(7)3)17-11-6-4-5-10(13)16-11/h4-6H,1-3H3. The molecule has 0 spiro atoms. The van der Waals surface area contributed by atoms with Gasteiger partial charge in [-0.05, 0) is 50.2 Å². The third-order valence-electron chi connectivity index (χ3n) is 2.50. The van der Waals surface area contributed by atoms with Crippen molar-refractivity contribution in [1.82, 2.24) is 15.0 Å². The van der Waals surface area contributed by atoms with E-state index in [1.165, 1.54) is 17.8 Å². The van der Waals surface area contributed by atoms with E-state index < -0.39 is 5.95 Å². The zero-order valence-corrected chi connectivity index (χ0v) is 10.7. The maximum absolute atomic E-state index is 12.9. The van der Waals surface area contributed by atoms with Gasteiger partial charge in [-0.3, -0.25) is 0 Å². The van der Waals surface area contributed by atoms with E-state index in [4.69, 9.17) is 0 Å². The molecule has 0 N–H and O–H groups in total. The highest BCUT2D eigenvalue weighted by Crippen LogP contribution is 2.24. The van der Waals surface area contributed by atoms with Gasteiger partial charge in [0.15, 0.2) is 5.16 Å². The first-order valence-corrected chi connectivity index (χ1v) is 6.00. The van der Waals surface area contributed by atoms with Gasteiger partial charge >= 0.3 is 0 Å². The normalized spacial score (nSPS) is 10.6. The van der Waals surface area contributed by atoms with Crippen LogP contribution in [0, 0.1) is 26.7 Å². The first-order valence-electron chi connectivity index (χ1n) is 5.18. The van der Waals surface area contributed by atoms with Crippen molar-refractivity contribution in [2.24, 2.45) is 0 Å². The quantitative estimate of drug-likeness (QED) is 0.605. The van der Waals surface area contributed by atoms with Gasteiger partial charge in [-0.25, -0.2) is 15.0 Å². The second-order valence-corrected chi connectivity index (χ2v) is 4.69. The maximum Gasteiger partial charge on any atom is 0.213 e. The van der Waals surface area contributed by atoms with Crippen molar-refractivity contribution in [3.05, 3.63) is 41.1 Å². The molecular formula is C12H12FN3S. The summed E-state index contributed by atoms with van der Waals surface area (Å²) in [6.07, 6.45) is 0. The van der Waals surface area contributed by atoms with Crippen molar-refractivity contribution in [2.75, 3.05) is 0 Å². The zero-order valence-electron chi connectivity index (χ0n) is 9.86. The largest absolute Gasteiger partial charge is 0.227 e. The number of halogens is 1. The van der Waals surface area contributed by atoms with E-state index in [9.17, 15) is 4.39 Å². The minimum Gasteiger partial charge on any atom is -0.227 e. The zero-order chi connectivity index (χ0) is 12.4. The molecule has 0 atom stereocenters. The molecule has 0 aliphatic rings. The molecule has 17 heavy (non-hydrogen) atoms. The third kappa shape index (κ3) is 2.79. The average Bonchev–Trinajstić information content (AvgIpc) is 2.26. The number of nitrogens with zero attached hydrogens (tertiary/aromatic N) is 3. The van der Waals surface area contributed by atoms with Gasteiger partial charge in [0.1, 0.15) is 5.03 Å². The molecule has 0 bridgehead atoms. The fourth-order valence-corrected chi connectivity index (χ4v) is 2.16. The van der Waals surface area contributed by atoms with Gasteiger partial charge in [-0.2, -0.15) is 4.39 Å². The summed E-state index contributed by atoms with van der Waals surface area (Å²) in [4.78, 5) is 12.5. The van der Waals surface area contributed by atoms with E-state index in [1.807, 2.05) is 20.8 Å². The van der Waals surface area contributed by atoms with Crippen molar-refractivity contribution in [3.63, 3.8) is 0 Å². The van der Waals surface area contributed by atoms with Crippen LogP contribution in [0.5, 0.6) is 0 Å². The Bertz CT molecular complexity index is 534. The summed E-state index contributed by atoms with van der Waals surface area (Å²) in [6, 6.07) is 4.68. The molecule has 88 valence electrons. The molecule has 0 amide bonds. The minimum atomic E-state index is -0.490. The summed E-state index contributed by atoms with van der Waals surface area (Å²) >= 11 is 1.27. The lowest BCUT2D eigenvalue weighted by Gasteiger charge is -2.06. The first-order chi connectivity index (χ1) is 8.06. The van der Waals surface area contributed by atoms with E-state index in [0.29, 0.717) is 10.2 Å². The van der Waals surface area contributed by atoms with E-state index in [0.717, 1.165) is 17.0 Å². The molecule has 0 aromatic carbocycles. The van der Waals surface area contributed by atoms with Crippen LogP contribution in [0.25, 0.3) is 0 Å². The van der Waals surface area contributed by atoms with Gasteiger partial charge in [0.05, 0.1) is 0 Å². The van der Waals surface area contributed by atoms with Crippen molar-refractivity contribution >= 4 is 11.8 Å². The van der Waals surface area contributed by atoms with E-state index in [1.54, 1.807) is 12.1 Å². The summed E-state index contributed by atoms with van der Waals surface area (Å²) in [7, 11) is 0. The Kier molecular flexibility index (Phi) is 3.38. The number of rotatable bonds is 2. The predicted octanol–water partition coefficient (Wildman–Crippen LogP) is 3.09. The maximum atomic E-state index is 12.9. The molecule has 0 aliphatic carbocycles. The van der Waals surface area contributed by atoms with Gasteiger partial charge in [0.2, 0.25) is 5.95 Å². The topological polar surface area (TPSA) is 38.7 Å². The number of pyridine rings is 1. The molecule has 0 unspecified atom stereocenters. The second kappa shape index (κ2) is 4.79.